The number of carbonyl (C=O) groups excluding carboxylic acids is 2. The van der Waals surface area contributed by atoms with Gasteiger partial charge in [0.15, 0.2) is 5.11 Å². The maximum atomic E-state index is 11.9. The molecular weight excluding hydrogens is 360 g/mol. The number of aromatic hydroxyl groups is 1. The normalized spacial score (nSPS) is 14.0. The zero-order chi connectivity index (χ0) is 19.0. The van der Waals surface area contributed by atoms with Crippen LogP contribution in [0.5, 0.6) is 5.75 Å². The average molecular weight is 372 g/mol. The number of aromatic carboxylic acids is 1. The molecule has 1 aliphatic rings. The number of rotatable bonds is 3. The Bertz CT molecular complexity index is 983. The van der Waals surface area contributed by atoms with Crippen LogP contribution in [0.15, 0.2) is 34.3 Å². The van der Waals surface area contributed by atoms with Gasteiger partial charge in [-0.25, -0.2) is 4.79 Å². The van der Waals surface area contributed by atoms with Gasteiger partial charge in [-0.05, 0) is 49.0 Å². The molecule has 1 saturated heterocycles. The molecule has 0 atom stereocenters. The molecular formula is C17H12N2O6S. The number of nitrogens with one attached hydrogen (secondary N) is 2. The van der Waals surface area contributed by atoms with Crippen molar-refractivity contribution in [1.82, 2.24) is 10.6 Å². The number of hydrogen-bond donors (Lipinski definition) is 4. The van der Waals surface area contributed by atoms with Crippen molar-refractivity contribution in [1.29, 1.82) is 0 Å². The second-order valence-electron chi connectivity index (χ2n) is 5.49. The molecule has 132 valence electrons. The lowest BCUT2D eigenvalue weighted by atomic mass is 10.1. The predicted octanol–water partition coefficient (Wildman–Crippen LogP) is 1.57. The fourth-order valence-electron chi connectivity index (χ4n) is 2.38. The number of thiocarbonyl (C=S) groups is 1. The summed E-state index contributed by atoms with van der Waals surface area (Å²) >= 11 is 4.73. The van der Waals surface area contributed by atoms with Crippen LogP contribution in [-0.2, 0) is 9.59 Å². The topological polar surface area (TPSA) is 129 Å². The Kier molecular flexibility index (Phi) is 4.31. The van der Waals surface area contributed by atoms with Gasteiger partial charge in [0.25, 0.3) is 11.8 Å². The Morgan fingerprint density at radius 3 is 2.42 bits per heavy atom. The van der Waals surface area contributed by atoms with E-state index in [1.54, 1.807) is 13.0 Å². The number of benzene rings is 1. The molecule has 4 N–H and O–H groups in total. The first-order chi connectivity index (χ1) is 12.3. The minimum absolute atomic E-state index is 0.0667. The van der Waals surface area contributed by atoms with Crippen LogP contribution in [0.1, 0.15) is 21.7 Å². The summed E-state index contributed by atoms with van der Waals surface area (Å²) in [5, 5.41) is 23.3. The Hall–Kier alpha value is -3.46. The number of carboxylic acid groups (broad SMARTS) is 1. The van der Waals surface area contributed by atoms with Crippen LogP contribution < -0.4 is 10.6 Å². The Balaban J connectivity index is 1.97. The molecule has 0 unspecified atom stereocenters. The highest BCUT2D eigenvalue weighted by Crippen LogP contribution is 2.30. The van der Waals surface area contributed by atoms with Gasteiger partial charge in [0, 0.05) is 5.56 Å². The van der Waals surface area contributed by atoms with E-state index >= 15 is 0 Å². The second-order valence-corrected chi connectivity index (χ2v) is 5.90. The van der Waals surface area contributed by atoms with E-state index in [9.17, 15) is 19.5 Å². The number of amides is 2. The molecule has 0 aliphatic carbocycles. The van der Waals surface area contributed by atoms with E-state index in [2.05, 4.69) is 10.6 Å². The highest BCUT2D eigenvalue weighted by Gasteiger charge is 2.26. The summed E-state index contributed by atoms with van der Waals surface area (Å²) in [6, 6.07) is 5.64. The summed E-state index contributed by atoms with van der Waals surface area (Å²) in [4.78, 5) is 34.7. The lowest BCUT2D eigenvalue weighted by Gasteiger charge is -2.15. The molecule has 1 aromatic carbocycles. The summed E-state index contributed by atoms with van der Waals surface area (Å²) < 4.78 is 5.65. The fourth-order valence-corrected chi connectivity index (χ4v) is 2.57. The first-order valence-electron chi connectivity index (χ1n) is 7.31. The number of aryl methyl sites for hydroxylation is 1. The molecule has 0 saturated carbocycles. The van der Waals surface area contributed by atoms with Crippen LogP contribution in [-0.4, -0.2) is 33.1 Å². The smallest absolute Gasteiger partial charge is 0.339 e. The first-order valence-corrected chi connectivity index (χ1v) is 7.72. The van der Waals surface area contributed by atoms with E-state index in [0.717, 1.165) is 0 Å². The number of phenols is 1. The van der Waals surface area contributed by atoms with Crippen LogP contribution in [0.3, 0.4) is 0 Å². The maximum Gasteiger partial charge on any atom is 0.339 e. The quantitative estimate of drug-likeness (QED) is 0.366. The van der Waals surface area contributed by atoms with E-state index in [-0.39, 0.29) is 22.0 Å². The van der Waals surface area contributed by atoms with Crippen LogP contribution >= 0.6 is 12.2 Å². The summed E-state index contributed by atoms with van der Waals surface area (Å²) in [6.07, 6.45) is 1.29. The van der Waals surface area contributed by atoms with Gasteiger partial charge in [0.2, 0.25) is 0 Å². The van der Waals surface area contributed by atoms with Crippen molar-refractivity contribution < 1.29 is 29.0 Å². The largest absolute Gasteiger partial charge is 0.507 e. The van der Waals surface area contributed by atoms with Crippen LogP contribution in [0, 0.1) is 6.92 Å². The minimum Gasteiger partial charge on any atom is -0.507 e. The third-order valence-corrected chi connectivity index (χ3v) is 3.89. The highest BCUT2D eigenvalue weighted by molar-refractivity contribution is 7.80. The molecule has 2 aromatic rings. The number of carbonyl (C=O) groups is 3. The molecule has 0 spiro atoms. The van der Waals surface area contributed by atoms with E-state index in [1.165, 1.54) is 24.3 Å². The van der Waals surface area contributed by atoms with Gasteiger partial charge in [0.05, 0.1) is 0 Å². The van der Waals surface area contributed by atoms with Gasteiger partial charge >= 0.3 is 5.97 Å². The molecule has 1 aromatic heterocycles. The van der Waals surface area contributed by atoms with Crippen molar-refractivity contribution in [3.05, 3.63) is 46.7 Å². The molecule has 0 bridgehead atoms. The second kappa shape index (κ2) is 6.45. The third kappa shape index (κ3) is 3.20. The maximum absolute atomic E-state index is 11.9. The first kappa shape index (κ1) is 17.4. The summed E-state index contributed by atoms with van der Waals surface area (Å²) in [5.41, 5.74) is 0.694. The Labute approximate surface area is 152 Å². The molecule has 2 heterocycles. The van der Waals surface area contributed by atoms with E-state index < -0.39 is 23.5 Å². The average Bonchev–Trinajstić information content (AvgIpc) is 2.91. The molecule has 9 heteroatoms. The minimum atomic E-state index is -1.25. The molecule has 1 fully saturated rings. The predicted molar refractivity (Wildman–Crippen MR) is 94.4 cm³/mol. The lowest BCUT2D eigenvalue weighted by Crippen LogP contribution is -2.51. The third-order valence-electron chi connectivity index (χ3n) is 3.69. The Morgan fingerprint density at radius 1 is 1.19 bits per heavy atom. The van der Waals surface area contributed by atoms with Gasteiger partial charge in [-0.3, -0.25) is 20.2 Å². The lowest BCUT2D eigenvalue weighted by molar-refractivity contribution is -0.123. The van der Waals surface area contributed by atoms with E-state index in [1.807, 2.05) is 0 Å². The number of hydrogen-bond acceptors (Lipinski definition) is 6. The van der Waals surface area contributed by atoms with E-state index in [0.29, 0.717) is 16.9 Å². The summed E-state index contributed by atoms with van der Waals surface area (Å²) in [5.74, 6) is -2.31. The van der Waals surface area contributed by atoms with Crippen molar-refractivity contribution in [2.24, 2.45) is 0 Å². The zero-order valence-electron chi connectivity index (χ0n) is 13.3. The van der Waals surface area contributed by atoms with Crippen molar-refractivity contribution in [2.45, 2.75) is 6.92 Å². The van der Waals surface area contributed by atoms with Gasteiger partial charge in [0.1, 0.15) is 28.4 Å². The van der Waals surface area contributed by atoms with Gasteiger partial charge in [-0.15, -0.1) is 0 Å². The molecule has 1 aliphatic heterocycles. The SMILES string of the molecule is Cc1cc(-c2ccc(C(=O)O)c(O)c2)oc1C=C1C(=O)NC(=S)NC1=O. The zero-order valence-corrected chi connectivity index (χ0v) is 14.1. The van der Waals surface area contributed by atoms with Gasteiger partial charge < -0.3 is 14.6 Å². The number of furan rings is 1. The molecule has 2 amide bonds. The van der Waals surface area contributed by atoms with Crippen molar-refractivity contribution in [3.8, 4) is 17.1 Å². The number of carboxylic acids is 1. The van der Waals surface area contributed by atoms with Crippen molar-refractivity contribution in [3.63, 3.8) is 0 Å². The van der Waals surface area contributed by atoms with Crippen LogP contribution in [0.25, 0.3) is 17.4 Å². The molecule has 8 nitrogen and oxygen atoms in total. The van der Waals surface area contributed by atoms with Crippen molar-refractivity contribution >= 4 is 41.2 Å². The standard InChI is InChI=1S/C17H12N2O6S/c1-7-4-13(8-2-3-9(16(23)24)11(20)5-8)25-12(7)6-10-14(21)18-17(26)19-15(10)22/h2-6,20H,1H3,(H,23,24)(H2,18,19,21,22,26). The monoisotopic (exact) mass is 372 g/mol. The van der Waals surface area contributed by atoms with Crippen LogP contribution in [0.2, 0.25) is 0 Å². The molecule has 26 heavy (non-hydrogen) atoms. The summed E-state index contributed by atoms with van der Waals surface area (Å²) in [7, 11) is 0. The van der Waals surface area contributed by atoms with Gasteiger partial charge in [-0.1, -0.05) is 6.07 Å². The highest BCUT2D eigenvalue weighted by atomic mass is 32.1. The molecule has 0 radical (unpaired) electrons. The Morgan fingerprint density at radius 2 is 1.85 bits per heavy atom. The van der Waals surface area contributed by atoms with Gasteiger partial charge in [-0.2, -0.15) is 0 Å². The van der Waals surface area contributed by atoms with Crippen LogP contribution in [0.4, 0.5) is 0 Å². The summed E-state index contributed by atoms with van der Waals surface area (Å²) in [6.45, 7) is 1.72. The van der Waals surface area contributed by atoms with E-state index in [4.69, 9.17) is 21.7 Å². The fraction of sp³-hybridized carbons (Fsp3) is 0.0588. The van der Waals surface area contributed by atoms with Crippen molar-refractivity contribution in [2.75, 3.05) is 0 Å². The molecule has 3 rings (SSSR count).